The lowest BCUT2D eigenvalue weighted by molar-refractivity contribution is -0.140. The third-order valence-corrected chi connectivity index (χ3v) is 5.16. The van der Waals surface area contributed by atoms with Crippen molar-refractivity contribution in [1.29, 1.82) is 0 Å². The Kier molecular flexibility index (Phi) is 9.01. The maximum atomic E-state index is 11.5. The van der Waals surface area contributed by atoms with Crippen LogP contribution in [0.5, 0.6) is 0 Å². The zero-order valence-corrected chi connectivity index (χ0v) is 13.9. The highest BCUT2D eigenvalue weighted by Crippen LogP contribution is 2.39. The third kappa shape index (κ3) is 7.43. The fourth-order valence-electron chi connectivity index (χ4n) is 1.54. The van der Waals surface area contributed by atoms with E-state index >= 15 is 0 Å². The Morgan fingerprint density at radius 1 is 0.952 bits per heavy atom. The van der Waals surface area contributed by atoms with E-state index in [4.69, 9.17) is 9.47 Å². The van der Waals surface area contributed by atoms with Crippen LogP contribution in [0.2, 0.25) is 0 Å². The first kappa shape index (κ1) is 17.9. The first-order valence-corrected chi connectivity index (χ1v) is 8.86. The minimum atomic E-state index is -0.236. The molecule has 1 aromatic carbocycles. The molecule has 21 heavy (non-hydrogen) atoms. The van der Waals surface area contributed by atoms with Crippen LogP contribution < -0.4 is 0 Å². The number of ether oxygens (including phenoxy) is 2. The molecule has 0 aliphatic heterocycles. The smallest absolute Gasteiger partial charge is 0.315 e. The molecule has 0 spiro atoms. The molecular weight excluding hydrogens is 308 g/mol. The van der Waals surface area contributed by atoms with Gasteiger partial charge in [0.2, 0.25) is 0 Å². The van der Waals surface area contributed by atoms with Gasteiger partial charge in [0.1, 0.15) is 0 Å². The van der Waals surface area contributed by atoms with E-state index in [1.165, 1.54) is 23.5 Å². The van der Waals surface area contributed by atoms with Gasteiger partial charge in [-0.25, -0.2) is 0 Å². The van der Waals surface area contributed by atoms with Gasteiger partial charge in [-0.15, -0.1) is 23.5 Å². The summed E-state index contributed by atoms with van der Waals surface area (Å²) in [6.45, 7) is 4.33. The van der Waals surface area contributed by atoms with Crippen LogP contribution in [0.1, 0.15) is 24.0 Å². The number of hydrogen-bond acceptors (Lipinski definition) is 6. The number of rotatable bonds is 9. The van der Waals surface area contributed by atoms with E-state index in [0.717, 1.165) is 5.56 Å². The third-order valence-electron chi connectivity index (χ3n) is 2.39. The number of carbonyl (C=O) groups excluding carboxylic acids is 2. The number of thioether (sulfide) groups is 2. The van der Waals surface area contributed by atoms with Crippen molar-refractivity contribution in [1.82, 2.24) is 0 Å². The number of hydrogen-bond donors (Lipinski definition) is 0. The van der Waals surface area contributed by atoms with Crippen LogP contribution in [0, 0.1) is 0 Å². The van der Waals surface area contributed by atoms with Crippen molar-refractivity contribution in [2.45, 2.75) is 18.4 Å². The van der Waals surface area contributed by atoms with Crippen molar-refractivity contribution in [2.24, 2.45) is 0 Å². The lowest BCUT2D eigenvalue weighted by atomic mass is 10.2. The predicted molar refractivity (Wildman–Crippen MR) is 87.4 cm³/mol. The van der Waals surface area contributed by atoms with E-state index in [1.54, 1.807) is 13.8 Å². The average molecular weight is 328 g/mol. The Labute approximate surface area is 134 Å². The molecule has 1 rings (SSSR count). The molecule has 0 bridgehead atoms. The van der Waals surface area contributed by atoms with Gasteiger partial charge in [-0.1, -0.05) is 30.3 Å². The molecule has 0 heterocycles. The van der Waals surface area contributed by atoms with Crippen molar-refractivity contribution >= 4 is 35.5 Å². The second kappa shape index (κ2) is 10.6. The SMILES string of the molecule is CCOC(=O)CSC(SCC(=O)OCC)c1ccccc1. The Bertz CT molecular complexity index is 415. The monoisotopic (exact) mass is 328 g/mol. The number of benzene rings is 1. The molecule has 0 unspecified atom stereocenters. The molecule has 116 valence electrons. The predicted octanol–water partition coefficient (Wildman–Crippen LogP) is 3.28. The lowest BCUT2D eigenvalue weighted by Gasteiger charge is -2.16. The molecule has 6 heteroatoms. The zero-order valence-electron chi connectivity index (χ0n) is 12.2. The van der Waals surface area contributed by atoms with Crippen LogP contribution in [0.3, 0.4) is 0 Å². The topological polar surface area (TPSA) is 52.6 Å². The van der Waals surface area contributed by atoms with Gasteiger partial charge in [0.15, 0.2) is 0 Å². The van der Waals surface area contributed by atoms with Gasteiger partial charge in [-0.05, 0) is 19.4 Å². The fraction of sp³-hybridized carbons (Fsp3) is 0.467. The van der Waals surface area contributed by atoms with Crippen molar-refractivity contribution in [2.75, 3.05) is 24.7 Å². The summed E-state index contributed by atoms with van der Waals surface area (Å²) in [7, 11) is 0. The van der Waals surface area contributed by atoms with Crippen LogP contribution in [0.25, 0.3) is 0 Å². The summed E-state index contributed by atoms with van der Waals surface area (Å²) in [5.74, 6) is 0.0623. The lowest BCUT2D eigenvalue weighted by Crippen LogP contribution is -2.10. The molecule has 0 saturated heterocycles. The Morgan fingerprint density at radius 3 is 1.86 bits per heavy atom. The van der Waals surface area contributed by atoms with Crippen molar-refractivity contribution in [3.63, 3.8) is 0 Å². The molecule has 0 aliphatic carbocycles. The van der Waals surface area contributed by atoms with Gasteiger partial charge in [-0.2, -0.15) is 0 Å². The van der Waals surface area contributed by atoms with Crippen molar-refractivity contribution in [3.05, 3.63) is 35.9 Å². The van der Waals surface area contributed by atoms with Gasteiger partial charge in [0.25, 0.3) is 0 Å². The summed E-state index contributed by atoms with van der Waals surface area (Å²) >= 11 is 2.93. The molecule has 0 amide bonds. The molecule has 0 aliphatic rings. The molecule has 0 saturated carbocycles. The number of esters is 2. The minimum absolute atomic E-state index is 0.0000113. The zero-order chi connectivity index (χ0) is 15.5. The van der Waals surface area contributed by atoms with Gasteiger partial charge >= 0.3 is 11.9 Å². The summed E-state index contributed by atoms with van der Waals surface area (Å²) in [4.78, 5) is 23.0. The molecule has 0 fully saturated rings. The maximum absolute atomic E-state index is 11.5. The molecule has 0 N–H and O–H groups in total. The molecular formula is C15H20O4S2. The van der Waals surface area contributed by atoms with Gasteiger partial charge in [0, 0.05) is 0 Å². The van der Waals surface area contributed by atoms with Crippen molar-refractivity contribution in [3.8, 4) is 0 Å². The maximum Gasteiger partial charge on any atom is 0.315 e. The highest BCUT2D eigenvalue weighted by Gasteiger charge is 2.17. The van der Waals surface area contributed by atoms with Crippen LogP contribution in [0.15, 0.2) is 30.3 Å². The standard InChI is InChI=1S/C15H20O4S2/c1-3-18-13(16)10-20-15(12-8-6-5-7-9-12)21-11-14(17)19-4-2/h5-9,15H,3-4,10-11H2,1-2H3. The van der Waals surface area contributed by atoms with E-state index in [-0.39, 0.29) is 28.0 Å². The van der Waals surface area contributed by atoms with E-state index in [1.807, 2.05) is 30.3 Å². The second-order valence-corrected chi connectivity index (χ2v) is 6.46. The summed E-state index contributed by atoms with van der Waals surface area (Å²) in [6, 6.07) is 9.80. The van der Waals surface area contributed by atoms with Crippen LogP contribution in [-0.2, 0) is 19.1 Å². The largest absolute Gasteiger partial charge is 0.465 e. The quantitative estimate of drug-likeness (QED) is 0.512. The summed E-state index contributed by atoms with van der Waals surface area (Å²) in [5.41, 5.74) is 1.07. The summed E-state index contributed by atoms with van der Waals surface area (Å²) < 4.78 is 9.86. The van der Waals surface area contributed by atoms with E-state index < -0.39 is 0 Å². The van der Waals surface area contributed by atoms with E-state index in [2.05, 4.69) is 0 Å². The van der Waals surface area contributed by atoms with E-state index in [0.29, 0.717) is 13.2 Å². The first-order chi connectivity index (χ1) is 10.2. The minimum Gasteiger partial charge on any atom is -0.465 e. The Hall–Kier alpha value is -1.14. The highest BCUT2D eigenvalue weighted by molar-refractivity contribution is 8.16. The van der Waals surface area contributed by atoms with Crippen LogP contribution in [-0.4, -0.2) is 36.7 Å². The van der Waals surface area contributed by atoms with Gasteiger partial charge < -0.3 is 9.47 Å². The first-order valence-electron chi connectivity index (χ1n) is 6.76. The summed E-state index contributed by atoms with van der Waals surface area (Å²) in [5, 5.41) is 0. The van der Waals surface area contributed by atoms with E-state index in [9.17, 15) is 9.59 Å². The second-order valence-electron chi connectivity index (χ2n) is 3.97. The van der Waals surface area contributed by atoms with Crippen molar-refractivity contribution < 1.29 is 19.1 Å². The Morgan fingerprint density at radius 2 is 1.43 bits per heavy atom. The molecule has 4 nitrogen and oxygen atoms in total. The van der Waals surface area contributed by atoms with Crippen LogP contribution in [0.4, 0.5) is 0 Å². The molecule has 1 aromatic rings. The normalized spacial score (nSPS) is 10.4. The Balaban J connectivity index is 2.58. The summed E-state index contributed by atoms with van der Waals surface area (Å²) in [6.07, 6.45) is 0. The average Bonchev–Trinajstić information content (AvgIpc) is 2.49. The van der Waals surface area contributed by atoms with Gasteiger partial charge in [-0.3, -0.25) is 9.59 Å². The van der Waals surface area contributed by atoms with Crippen LogP contribution >= 0.6 is 23.5 Å². The highest BCUT2D eigenvalue weighted by atomic mass is 32.2. The molecule has 0 radical (unpaired) electrons. The fourth-order valence-corrected chi connectivity index (χ4v) is 3.78. The molecule has 0 aromatic heterocycles. The van der Waals surface area contributed by atoms with Gasteiger partial charge in [0.05, 0.1) is 29.3 Å². The number of carbonyl (C=O) groups is 2. The molecule has 0 atom stereocenters.